The molecular formula is C18H16N2O3. The molecule has 0 saturated heterocycles. The molecule has 3 aromatic rings. The molecule has 1 aromatic heterocycles. The smallest absolute Gasteiger partial charge is 0.330 e. The summed E-state index contributed by atoms with van der Waals surface area (Å²) in [7, 11) is 1.93. The SMILES string of the molecule is Cn1ccc2cc(C(=O)N[C@@H](C(=O)O)c3ccccc3)ccc21. The maximum atomic E-state index is 12.4. The molecule has 0 bridgehead atoms. The minimum Gasteiger partial charge on any atom is -0.479 e. The van der Waals surface area contributed by atoms with E-state index in [9.17, 15) is 14.7 Å². The molecule has 2 aromatic carbocycles. The summed E-state index contributed by atoms with van der Waals surface area (Å²) in [6, 6.07) is 14.8. The summed E-state index contributed by atoms with van der Waals surface area (Å²) in [5, 5.41) is 12.9. The lowest BCUT2D eigenvalue weighted by atomic mass is 10.1. The van der Waals surface area contributed by atoms with E-state index in [1.54, 1.807) is 42.5 Å². The summed E-state index contributed by atoms with van der Waals surface area (Å²) in [6.45, 7) is 0. The topological polar surface area (TPSA) is 71.3 Å². The number of amides is 1. The molecule has 0 fully saturated rings. The van der Waals surface area contributed by atoms with Gasteiger partial charge in [0.15, 0.2) is 6.04 Å². The van der Waals surface area contributed by atoms with Crippen molar-refractivity contribution in [3.8, 4) is 0 Å². The Morgan fingerprint density at radius 1 is 1.09 bits per heavy atom. The highest BCUT2D eigenvalue weighted by Crippen LogP contribution is 2.18. The molecule has 0 unspecified atom stereocenters. The minimum absolute atomic E-state index is 0.410. The fourth-order valence-corrected chi connectivity index (χ4v) is 2.57. The second-order valence-electron chi connectivity index (χ2n) is 5.36. The quantitative estimate of drug-likeness (QED) is 0.778. The van der Waals surface area contributed by atoms with E-state index < -0.39 is 17.9 Å². The largest absolute Gasteiger partial charge is 0.479 e. The van der Waals surface area contributed by atoms with Crippen LogP contribution in [0.2, 0.25) is 0 Å². The van der Waals surface area contributed by atoms with Crippen molar-refractivity contribution in [2.75, 3.05) is 0 Å². The average Bonchev–Trinajstić information content (AvgIpc) is 2.93. The molecule has 1 atom stereocenters. The van der Waals surface area contributed by atoms with Crippen LogP contribution in [-0.4, -0.2) is 21.6 Å². The van der Waals surface area contributed by atoms with Crippen LogP contribution in [0.3, 0.4) is 0 Å². The molecule has 0 aliphatic heterocycles. The van der Waals surface area contributed by atoms with Crippen LogP contribution in [0.1, 0.15) is 22.0 Å². The fourth-order valence-electron chi connectivity index (χ4n) is 2.57. The van der Waals surface area contributed by atoms with Crippen LogP contribution in [0.15, 0.2) is 60.8 Å². The summed E-state index contributed by atoms with van der Waals surface area (Å²) in [4.78, 5) is 23.9. The number of hydrogen-bond donors (Lipinski definition) is 2. The van der Waals surface area contributed by atoms with Gasteiger partial charge in [0.05, 0.1) is 0 Å². The Morgan fingerprint density at radius 3 is 2.52 bits per heavy atom. The van der Waals surface area contributed by atoms with Gasteiger partial charge in [-0.2, -0.15) is 0 Å². The molecule has 5 heteroatoms. The minimum atomic E-state index is -1.09. The van der Waals surface area contributed by atoms with Crippen molar-refractivity contribution in [1.82, 2.24) is 9.88 Å². The molecule has 0 saturated carbocycles. The van der Waals surface area contributed by atoms with Crippen LogP contribution in [0.4, 0.5) is 0 Å². The number of aromatic nitrogens is 1. The van der Waals surface area contributed by atoms with Gasteiger partial charge in [-0.15, -0.1) is 0 Å². The van der Waals surface area contributed by atoms with E-state index in [1.165, 1.54) is 0 Å². The Kier molecular flexibility index (Phi) is 3.85. The van der Waals surface area contributed by atoms with Gasteiger partial charge < -0.3 is 15.0 Å². The van der Waals surface area contributed by atoms with Gasteiger partial charge in [0.1, 0.15) is 0 Å². The van der Waals surface area contributed by atoms with Crippen LogP contribution in [0, 0.1) is 0 Å². The Bertz CT molecular complexity index is 868. The fraction of sp³-hybridized carbons (Fsp3) is 0.111. The molecule has 1 heterocycles. The maximum absolute atomic E-state index is 12.4. The third kappa shape index (κ3) is 2.94. The van der Waals surface area contributed by atoms with E-state index in [0.717, 1.165) is 10.9 Å². The van der Waals surface area contributed by atoms with Crippen molar-refractivity contribution in [2.45, 2.75) is 6.04 Å². The molecule has 0 spiro atoms. The summed E-state index contributed by atoms with van der Waals surface area (Å²) in [6.07, 6.45) is 1.91. The van der Waals surface area contributed by atoms with Crippen LogP contribution >= 0.6 is 0 Å². The standard InChI is InChI=1S/C18H16N2O3/c1-20-10-9-13-11-14(7-8-15(13)20)17(21)19-16(18(22)23)12-5-3-2-4-6-12/h2-11,16H,1H3,(H,19,21)(H,22,23)/t16-/m1/s1. The molecule has 5 nitrogen and oxygen atoms in total. The van der Waals surface area contributed by atoms with Gasteiger partial charge in [-0.05, 0) is 29.8 Å². The summed E-state index contributed by atoms with van der Waals surface area (Å²) in [5.41, 5.74) is 1.99. The van der Waals surface area contributed by atoms with Crippen LogP contribution < -0.4 is 5.32 Å². The molecule has 1 amide bonds. The zero-order valence-corrected chi connectivity index (χ0v) is 12.6. The first kappa shape index (κ1) is 14.8. The number of fused-ring (bicyclic) bond motifs is 1. The number of rotatable bonds is 4. The van der Waals surface area contributed by atoms with E-state index in [-0.39, 0.29) is 0 Å². The Balaban J connectivity index is 1.87. The zero-order valence-electron chi connectivity index (χ0n) is 12.6. The van der Waals surface area contributed by atoms with E-state index >= 15 is 0 Å². The highest BCUT2D eigenvalue weighted by atomic mass is 16.4. The first-order chi connectivity index (χ1) is 11.1. The number of carboxylic acid groups (broad SMARTS) is 1. The van der Waals surface area contributed by atoms with Crippen LogP contribution in [-0.2, 0) is 11.8 Å². The number of aliphatic carboxylic acids is 1. The highest BCUT2D eigenvalue weighted by Gasteiger charge is 2.22. The van der Waals surface area contributed by atoms with Gasteiger partial charge in [0, 0.05) is 29.7 Å². The van der Waals surface area contributed by atoms with Gasteiger partial charge >= 0.3 is 5.97 Å². The number of aryl methyl sites for hydroxylation is 1. The monoisotopic (exact) mass is 308 g/mol. The molecule has 116 valence electrons. The van der Waals surface area contributed by atoms with Crippen LogP contribution in [0.25, 0.3) is 10.9 Å². The van der Waals surface area contributed by atoms with Crippen molar-refractivity contribution in [3.63, 3.8) is 0 Å². The molecule has 3 rings (SSSR count). The lowest BCUT2D eigenvalue weighted by molar-refractivity contribution is -0.139. The molecule has 0 aliphatic carbocycles. The first-order valence-corrected chi connectivity index (χ1v) is 7.20. The molecule has 2 N–H and O–H groups in total. The zero-order chi connectivity index (χ0) is 16.4. The van der Waals surface area contributed by atoms with E-state index in [0.29, 0.717) is 11.1 Å². The highest BCUT2D eigenvalue weighted by molar-refractivity contribution is 6.00. The van der Waals surface area contributed by atoms with Crippen molar-refractivity contribution in [2.24, 2.45) is 7.05 Å². The Morgan fingerprint density at radius 2 is 1.83 bits per heavy atom. The Hall–Kier alpha value is -3.08. The van der Waals surface area contributed by atoms with E-state index in [4.69, 9.17) is 0 Å². The number of nitrogens with one attached hydrogen (secondary N) is 1. The normalized spacial score (nSPS) is 12.0. The number of carbonyl (C=O) groups is 2. The van der Waals surface area contributed by atoms with Crippen molar-refractivity contribution >= 4 is 22.8 Å². The van der Waals surface area contributed by atoms with Crippen LogP contribution in [0.5, 0.6) is 0 Å². The number of carbonyl (C=O) groups excluding carboxylic acids is 1. The second-order valence-corrected chi connectivity index (χ2v) is 5.36. The van der Waals surface area contributed by atoms with Crippen molar-refractivity contribution < 1.29 is 14.7 Å². The number of benzene rings is 2. The summed E-state index contributed by atoms with van der Waals surface area (Å²) >= 11 is 0. The first-order valence-electron chi connectivity index (χ1n) is 7.20. The van der Waals surface area contributed by atoms with Gasteiger partial charge in [-0.3, -0.25) is 4.79 Å². The number of hydrogen-bond acceptors (Lipinski definition) is 2. The lowest BCUT2D eigenvalue weighted by Crippen LogP contribution is -2.33. The summed E-state index contributed by atoms with van der Waals surface area (Å²) < 4.78 is 1.96. The van der Waals surface area contributed by atoms with Crippen molar-refractivity contribution in [1.29, 1.82) is 0 Å². The van der Waals surface area contributed by atoms with Gasteiger partial charge in [0.25, 0.3) is 5.91 Å². The second kappa shape index (κ2) is 5.96. The predicted molar refractivity (Wildman–Crippen MR) is 87.2 cm³/mol. The lowest BCUT2D eigenvalue weighted by Gasteiger charge is -2.15. The number of nitrogens with zero attached hydrogens (tertiary/aromatic N) is 1. The summed E-state index contributed by atoms with van der Waals surface area (Å²) in [5.74, 6) is -1.50. The van der Waals surface area contributed by atoms with Crippen molar-refractivity contribution in [3.05, 3.63) is 71.9 Å². The third-order valence-electron chi connectivity index (χ3n) is 3.80. The van der Waals surface area contributed by atoms with Gasteiger partial charge in [0.2, 0.25) is 0 Å². The van der Waals surface area contributed by atoms with E-state index in [2.05, 4.69) is 5.32 Å². The molecule has 0 aliphatic rings. The maximum Gasteiger partial charge on any atom is 0.330 e. The Labute approximate surface area is 133 Å². The van der Waals surface area contributed by atoms with Gasteiger partial charge in [-0.1, -0.05) is 30.3 Å². The predicted octanol–water partition coefficient (Wildman–Crippen LogP) is 2.73. The third-order valence-corrected chi connectivity index (χ3v) is 3.80. The van der Waals surface area contributed by atoms with Gasteiger partial charge in [-0.25, -0.2) is 4.79 Å². The van der Waals surface area contributed by atoms with E-state index in [1.807, 2.05) is 29.9 Å². The molecule has 0 radical (unpaired) electrons. The average molecular weight is 308 g/mol. The number of carboxylic acids is 1. The molecule has 23 heavy (non-hydrogen) atoms. The molecular weight excluding hydrogens is 292 g/mol.